The van der Waals surface area contributed by atoms with Crippen LogP contribution in [0.4, 0.5) is 4.39 Å². The molecule has 0 bridgehead atoms. The topological polar surface area (TPSA) is 52.5 Å². The average molecular weight is 253 g/mol. The first-order chi connectivity index (χ1) is 8.63. The van der Waals surface area contributed by atoms with Crippen molar-refractivity contribution in [1.82, 2.24) is 5.32 Å². The van der Waals surface area contributed by atoms with Gasteiger partial charge in [-0.05, 0) is 55.8 Å². The first-order valence-electron chi connectivity index (χ1n) is 6.50. The zero-order valence-corrected chi connectivity index (χ0v) is 10.4. The monoisotopic (exact) mass is 253 g/mol. The predicted molar refractivity (Wildman–Crippen MR) is 67.7 cm³/mol. The van der Waals surface area contributed by atoms with Crippen LogP contribution in [0.2, 0.25) is 0 Å². The lowest BCUT2D eigenvalue weighted by molar-refractivity contribution is 0.108. The van der Waals surface area contributed by atoms with E-state index in [0.717, 1.165) is 43.9 Å². The van der Waals surface area contributed by atoms with Crippen molar-refractivity contribution < 1.29 is 14.6 Å². The van der Waals surface area contributed by atoms with Crippen LogP contribution in [0.25, 0.3) is 0 Å². The molecular formula is C14H20FNO2. The molecule has 1 aliphatic rings. The summed E-state index contributed by atoms with van der Waals surface area (Å²) >= 11 is 0. The molecule has 1 aliphatic carbocycles. The van der Waals surface area contributed by atoms with Crippen molar-refractivity contribution in [3.05, 3.63) is 29.6 Å². The molecule has 1 aromatic rings. The molecule has 2 rings (SSSR count). The van der Waals surface area contributed by atoms with Gasteiger partial charge >= 0.3 is 0 Å². The van der Waals surface area contributed by atoms with Gasteiger partial charge in [-0.3, -0.25) is 0 Å². The first kappa shape index (κ1) is 13.3. The highest BCUT2D eigenvalue weighted by atomic mass is 19.1. The third-order valence-corrected chi connectivity index (χ3v) is 3.52. The minimum Gasteiger partial charge on any atom is -0.508 e. The van der Waals surface area contributed by atoms with Gasteiger partial charge < -0.3 is 15.5 Å². The second-order valence-electron chi connectivity index (χ2n) is 5.12. The SMILES string of the molecule is Oc1cc(F)cc(CNCC2CCC(O)CC2)c1. The summed E-state index contributed by atoms with van der Waals surface area (Å²) in [4.78, 5) is 0. The van der Waals surface area contributed by atoms with E-state index in [9.17, 15) is 14.6 Å². The summed E-state index contributed by atoms with van der Waals surface area (Å²) in [5.74, 6) is 0.149. The summed E-state index contributed by atoms with van der Waals surface area (Å²) in [6.45, 7) is 1.44. The number of hydrogen-bond acceptors (Lipinski definition) is 3. The normalized spacial score (nSPS) is 24.1. The summed E-state index contributed by atoms with van der Waals surface area (Å²) in [5, 5.41) is 22.0. The van der Waals surface area contributed by atoms with Crippen molar-refractivity contribution in [2.24, 2.45) is 5.92 Å². The lowest BCUT2D eigenvalue weighted by Gasteiger charge is -2.25. The number of hydrogen-bond donors (Lipinski definition) is 3. The van der Waals surface area contributed by atoms with Gasteiger partial charge in [0.2, 0.25) is 0 Å². The second-order valence-corrected chi connectivity index (χ2v) is 5.12. The Balaban J connectivity index is 1.74. The van der Waals surface area contributed by atoms with Crippen molar-refractivity contribution in [3.8, 4) is 5.75 Å². The molecule has 0 aliphatic heterocycles. The summed E-state index contributed by atoms with van der Waals surface area (Å²) < 4.78 is 13.0. The lowest BCUT2D eigenvalue weighted by Crippen LogP contribution is -2.27. The number of aromatic hydroxyl groups is 1. The van der Waals surface area contributed by atoms with Crippen LogP contribution in [-0.4, -0.2) is 22.9 Å². The summed E-state index contributed by atoms with van der Waals surface area (Å²) in [6.07, 6.45) is 3.73. The Morgan fingerprint density at radius 1 is 1.17 bits per heavy atom. The van der Waals surface area contributed by atoms with Gasteiger partial charge in [-0.1, -0.05) is 0 Å². The van der Waals surface area contributed by atoms with Crippen LogP contribution in [0.15, 0.2) is 18.2 Å². The zero-order chi connectivity index (χ0) is 13.0. The Kier molecular flexibility index (Phi) is 4.55. The molecule has 18 heavy (non-hydrogen) atoms. The van der Waals surface area contributed by atoms with Crippen molar-refractivity contribution in [3.63, 3.8) is 0 Å². The summed E-state index contributed by atoms with van der Waals surface area (Å²) in [6, 6.07) is 4.10. The van der Waals surface area contributed by atoms with Gasteiger partial charge in [-0.25, -0.2) is 4.39 Å². The van der Waals surface area contributed by atoms with Crippen molar-refractivity contribution in [1.29, 1.82) is 0 Å². The van der Waals surface area contributed by atoms with E-state index in [1.807, 2.05) is 0 Å². The van der Waals surface area contributed by atoms with Crippen molar-refractivity contribution in [2.45, 2.75) is 38.3 Å². The highest BCUT2D eigenvalue weighted by molar-refractivity contribution is 5.28. The zero-order valence-electron chi connectivity index (χ0n) is 10.4. The van der Waals surface area contributed by atoms with Crippen molar-refractivity contribution in [2.75, 3.05) is 6.54 Å². The number of phenols is 1. The van der Waals surface area contributed by atoms with Gasteiger partial charge in [0.15, 0.2) is 0 Å². The number of aliphatic hydroxyl groups excluding tert-OH is 1. The lowest BCUT2D eigenvalue weighted by atomic mass is 9.87. The molecule has 0 amide bonds. The fourth-order valence-corrected chi connectivity index (χ4v) is 2.51. The summed E-state index contributed by atoms with van der Waals surface area (Å²) in [7, 11) is 0. The van der Waals surface area contributed by atoms with Crippen LogP contribution in [0.3, 0.4) is 0 Å². The molecule has 1 aromatic carbocycles. The predicted octanol–water partition coefficient (Wildman–Crippen LogP) is 2.17. The van der Waals surface area contributed by atoms with Crippen LogP contribution >= 0.6 is 0 Å². The Morgan fingerprint density at radius 2 is 1.89 bits per heavy atom. The van der Waals surface area contributed by atoms with Gasteiger partial charge in [0, 0.05) is 12.6 Å². The van der Waals surface area contributed by atoms with Gasteiger partial charge in [0.05, 0.1) is 6.10 Å². The van der Waals surface area contributed by atoms with E-state index < -0.39 is 5.82 Å². The smallest absolute Gasteiger partial charge is 0.127 e. The molecule has 0 radical (unpaired) electrons. The highest BCUT2D eigenvalue weighted by Gasteiger charge is 2.18. The molecule has 0 saturated heterocycles. The summed E-state index contributed by atoms with van der Waals surface area (Å²) in [5.41, 5.74) is 0.753. The molecule has 0 aromatic heterocycles. The number of halogens is 1. The first-order valence-corrected chi connectivity index (χ1v) is 6.50. The molecule has 0 atom stereocenters. The van der Waals surface area contributed by atoms with Crippen LogP contribution < -0.4 is 5.32 Å². The fraction of sp³-hybridized carbons (Fsp3) is 0.571. The standard InChI is InChI=1S/C14H20FNO2/c15-12-5-11(6-14(18)7-12)9-16-8-10-1-3-13(17)4-2-10/h5-7,10,13,16-18H,1-4,8-9H2. The van der Waals surface area contributed by atoms with Gasteiger partial charge in [0.25, 0.3) is 0 Å². The number of phenolic OH excluding ortho intramolecular Hbond substituents is 1. The van der Waals surface area contributed by atoms with Gasteiger partial charge in [-0.2, -0.15) is 0 Å². The maximum absolute atomic E-state index is 13.0. The van der Waals surface area contributed by atoms with E-state index in [-0.39, 0.29) is 11.9 Å². The molecule has 4 heteroatoms. The number of rotatable bonds is 4. The van der Waals surface area contributed by atoms with E-state index in [2.05, 4.69) is 5.32 Å². The third kappa shape index (κ3) is 3.96. The fourth-order valence-electron chi connectivity index (χ4n) is 2.51. The number of aliphatic hydroxyl groups is 1. The van der Waals surface area contributed by atoms with E-state index in [1.165, 1.54) is 6.07 Å². The molecular weight excluding hydrogens is 233 g/mol. The maximum atomic E-state index is 13.0. The largest absolute Gasteiger partial charge is 0.508 e. The molecule has 3 N–H and O–H groups in total. The van der Waals surface area contributed by atoms with Crippen LogP contribution in [-0.2, 0) is 6.54 Å². The number of benzene rings is 1. The Bertz CT molecular complexity index is 369. The third-order valence-electron chi connectivity index (χ3n) is 3.52. The average Bonchev–Trinajstić information content (AvgIpc) is 2.30. The Labute approximate surface area is 107 Å². The highest BCUT2D eigenvalue weighted by Crippen LogP contribution is 2.23. The van der Waals surface area contributed by atoms with Crippen LogP contribution in [0.1, 0.15) is 31.2 Å². The quantitative estimate of drug-likeness (QED) is 0.771. The molecule has 0 spiro atoms. The van der Waals surface area contributed by atoms with E-state index in [4.69, 9.17) is 0 Å². The van der Waals surface area contributed by atoms with E-state index >= 15 is 0 Å². The molecule has 0 heterocycles. The second kappa shape index (κ2) is 6.16. The Morgan fingerprint density at radius 3 is 2.56 bits per heavy atom. The molecule has 3 nitrogen and oxygen atoms in total. The molecule has 100 valence electrons. The van der Waals surface area contributed by atoms with Crippen LogP contribution in [0.5, 0.6) is 5.75 Å². The minimum absolute atomic E-state index is 0.0346. The minimum atomic E-state index is -0.410. The van der Waals surface area contributed by atoms with Gasteiger partial charge in [-0.15, -0.1) is 0 Å². The van der Waals surface area contributed by atoms with E-state index in [0.29, 0.717) is 12.5 Å². The van der Waals surface area contributed by atoms with Crippen molar-refractivity contribution >= 4 is 0 Å². The molecule has 1 saturated carbocycles. The number of nitrogens with one attached hydrogen (secondary N) is 1. The maximum Gasteiger partial charge on any atom is 0.127 e. The van der Waals surface area contributed by atoms with Gasteiger partial charge in [0.1, 0.15) is 11.6 Å². The van der Waals surface area contributed by atoms with E-state index in [1.54, 1.807) is 6.07 Å². The Hall–Kier alpha value is -1.13. The molecule has 1 fully saturated rings. The molecule has 0 unspecified atom stereocenters. The van der Waals surface area contributed by atoms with Crippen LogP contribution in [0, 0.1) is 11.7 Å².